The number of aromatic nitrogens is 2. The van der Waals surface area contributed by atoms with E-state index in [0.29, 0.717) is 17.1 Å². The van der Waals surface area contributed by atoms with Gasteiger partial charge in [-0.15, -0.1) is 0 Å². The van der Waals surface area contributed by atoms with Gasteiger partial charge in [-0.05, 0) is 66.9 Å². The molecule has 1 amide bonds. The summed E-state index contributed by atoms with van der Waals surface area (Å²) in [5.41, 5.74) is 4.26. The molecule has 36 heavy (non-hydrogen) atoms. The number of piperidine rings is 1. The lowest BCUT2D eigenvalue weighted by Crippen LogP contribution is -2.44. The van der Waals surface area contributed by atoms with Crippen LogP contribution < -0.4 is 10.6 Å². The molecule has 5 rings (SSSR count). The maximum Gasteiger partial charge on any atom is 0.251 e. The highest BCUT2D eigenvalue weighted by molar-refractivity contribution is 5.94. The standard InChI is InChI=1S/C29H28FN5O/c30-24-10-6-22(7-11-24)27-18-28(32-20-31-27)33-25-12-8-23(9-13-25)29(36)34-26-14-16-35(17-15-26)19-21-4-2-1-3-5-21/h1-13,18,20,26H,14-17,19H2,(H,34,36)(H,31,32,33). The minimum Gasteiger partial charge on any atom is -0.349 e. The van der Waals surface area contributed by atoms with E-state index in [1.807, 2.05) is 30.3 Å². The van der Waals surface area contributed by atoms with Crippen LogP contribution in [0.15, 0.2) is 91.3 Å². The molecule has 182 valence electrons. The molecule has 4 aromatic rings. The lowest BCUT2D eigenvalue weighted by Gasteiger charge is -2.32. The number of anilines is 2. The molecule has 0 unspecified atom stereocenters. The fourth-order valence-corrected chi connectivity index (χ4v) is 4.40. The van der Waals surface area contributed by atoms with Gasteiger partial charge in [-0.3, -0.25) is 9.69 Å². The Kier molecular flexibility index (Phi) is 7.28. The largest absolute Gasteiger partial charge is 0.349 e. The van der Waals surface area contributed by atoms with E-state index in [2.05, 4.69) is 49.8 Å². The van der Waals surface area contributed by atoms with Crippen molar-refractivity contribution < 1.29 is 9.18 Å². The first-order valence-electron chi connectivity index (χ1n) is 12.1. The van der Waals surface area contributed by atoms with Crippen LogP contribution in [-0.2, 0) is 6.54 Å². The molecule has 0 saturated carbocycles. The topological polar surface area (TPSA) is 70.2 Å². The van der Waals surface area contributed by atoms with Crippen LogP contribution in [0.1, 0.15) is 28.8 Å². The number of amides is 1. The second-order valence-corrected chi connectivity index (χ2v) is 9.01. The van der Waals surface area contributed by atoms with Crippen molar-refractivity contribution in [2.45, 2.75) is 25.4 Å². The Morgan fingerprint density at radius 1 is 0.917 bits per heavy atom. The van der Waals surface area contributed by atoms with Crippen LogP contribution in [0.3, 0.4) is 0 Å². The predicted molar refractivity (Wildman–Crippen MR) is 139 cm³/mol. The van der Waals surface area contributed by atoms with Gasteiger partial charge < -0.3 is 10.6 Å². The first kappa shape index (κ1) is 23.6. The Bertz CT molecular complexity index is 1290. The molecule has 0 spiro atoms. The Labute approximate surface area is 210 Å². The van der Waals surface area contributed by atoms with Crippen LogP contribution in [0, 0.1) is 5.82 Å². The van der Waals surface area contributed by atoms with Crippen LogP contribution >= 0.6 is 0 Å². The predicted octanol–water partition coefficient (Wildman–Crippen LogP) is 5.42. The molecule has 0 aliphatic carbocycles. The Morgan fingerprint density at radius 2 is 1.64 bits per heavy atom. The van der Waals surface area contributed by atoms with Crippen LogP contribution in [0.25, 0.3) is 11.3 Å². The van der Waals surface area contributed by atoms with Crippen molar-refractivity contribution in [2.24, 2.45) is 0 Å². The summed E-state index contributed by atoms with van der Waals surface area (Å²) in [5.74, 6) is 0.274. The van der Waals surface area contributed by atoms with E-state index in [-0.39, 0.29) is 17.8 Å². The van der Waals surface area contributed by atoms with Crippen LogP contribution in [0.4, 0.5) is 15.9 Å². The van der Waals surface area contributed by atoms with E-state index < -0.39 is 0 Å². The van der Waals surface area contributed by atoms with E-state index in [9.17, 15) is 9.18 Å². The number of hydrogen-bond acceptors (Lipinski definition) is 5. The number of likely N-dealkylation sites (tertiary alicyclic amines) is 1. The average Bonchev–Trinajstić information content (AvgIpc) is 2.91. The molecule has 6 nitrogen and oxygen atoms in total. The highest BCUT2D eigenvalue weighted by Gasteiger charge is 2.21. The maximum atomic E-state index is 13.2. The number of carbonyl (C=O) groups excluding carboxylic acids is 1. The van der Waals surface area contributed by atoms with Gasteiger partial charge in [-0.25, -0.2) is 14.4 Å². The zero-order valence-electron chi connectivity index (χ0n) is 19.9. The van der Waals surface area contributed by atoms with Crippen molar-refractivity contribution in [2.75, 3.05) is 18.4 Å². The molecule has 1 aliphatic rings. The minimum atomic E-state index is -0.288. The summed E-state index contributed by atoms with van der Waals surface area (Å²) in [6.07, 6.45) is 3.36. The third-order valence-corrected chi connectivity index (χ3v) is 6.40. The highest BCUT2D eigenvalue weighted by atomic mass is 19.1. The lowest BCUT2D eigenvalue weighted by atomic mass is 10.0. The van der Waals surface area contributed by atoms with Crippen LogP contribution in [-0.4, -0.2) is 39.9 Å². The second kappa shape index (κ2) is 11.1. The van der Waals surface area contributed by atoms with E-state index in [1.165, 1.54) is 24.0 Å². The molecule has 1 fully saturated rings. The van der Waals surface area contributed by atoms with Gasteiger partial charge in [0.05, 0.1) is 5.69 Å². The average molecular weight is 482 g/mol. The number of benzene rings is 3. The SMILES string of the molecule is O=C(NC1CCN(Cc2ccccc2)CC1)c1ccc(Nc2cc(-c3ccc(F)cc3)ncn2)cc1. The van der Waals surface area contributed by atoms with Gasteiger partial charge in [0.25, 0.3) is 5.91 Å². The first-order valence-corrected chi connectivity index (χ1v) is 12.1. The van der Waals surface area contributed by atoms with E-state index in [0.717, 1.165) is 43.7 Å². The lowest BCUT2D eigenvalue weighted by molar-refractivity contribution is 0.0909. The van der Waals surface area contributed by atoms with Gasteiger partial charge in [-0.1, -0.05) is 30.3 Å². The summed E-state index contributed by atoms with van der Waals surface area (Å²) in [7, 11) is 0. The molecule has 7 heteroatoms. The number of nitrogens with zero attached hydrogens (tertiary/aromatic N) is 3. The van der Waals surface area contributed by atoms with Crippen LogP contribution in [0.5, 0.6) is 0 Å². The number of halogens is 1. The van der Waals surface area contributed by atoms with Crippen LogP contribution in [0.2, 0.25) is 0 Å². The summed E-state index contributed by atoms with van der Waals surface area (Å²) in [4.78, 5) is 23.8. The molecule has 1 aromatic heterocycles. The molecule has 3 aromatic carbocycles. The number of nitrogens with one attached hydrogen (secondary N) is 2. The molecular formula is C29H28FN5O. The summed E-state index contributed by atoms with van der Waals surface area (Å²) in [6.45, 7) is 2.90. The Morgan fingerprint density at radius 3 is 2.36 bits per heavy atom. The second-order valence-electron chi connectivity index (χ2n) is 9.01. The molecule has 1 aliphatic heterocycles. The summed E-state index contributed by atoms with van der Waals surface area (Å²) in [6, 6.07) is 26.0. The smallest absolute Gasteiger partial charge is 0.251 e. The highest BCUT2D eigenvalue weighted by Crippen LogP contribution is 2.22. The van der Waals surface area contributed by atoms with Gasteiger partial charge in [0, 0.05) is 48.6 Å². The molecule has 1 saturated heterocycles. The van der Waals surface area contributed by atoms with Gasteiger partial charge in [0.15, 0.2) is 0 Å². The number of carbonyl (C=O) groups is 1. The van der Waals surface area contributed by atoms with Gasteiger partial charge in [0.2, 0.25) is 0 Å². The van der Waals surface area contributed by atoms with Gasteiger partial charge in [-0.2, -0.15) is 0 Å². The molecular weight excluding hydrogens is 453 g/mol. The summed E-state index contributed by atoms with van der Waals surface area (Å²) < 4.78 is 13.2. The van der Waals surface area contributed by atoms with Crippen molar-refractivity contribution >= 4 is 17.4 Å². The Balaban J connectivity index is 1.13. The van der Waals surface area contributed by atoms with Gasteiger partial charge >= 0.3 is 0 Å². The summed E-state index contributed by atoms with van der Waals surface area (Å²) in [5, 5.41) is 6.42. The van der Waals surface area contributed by atoms with Gasteiger partial charge in [0.1, 0.15) is 18.0 Å². The third kappa shape index (κ3) is 6.12. The van der Waals surface area contributed by atoms with E-state index in [4.69, 9.17) is 0 Å². The summed E-state index contributed by atoms with van der Waals surface area (Å²) >= 11 is 0. The van der Waals surface area contributed by atoms with E-state index in [1.54, 1.807) is 18.2 Å². The first-order chi connectivity index (χ1) is 17.6. The third-order valence-electron chi connectivity index (χ3n) is 6.40. The molecule has 2 N–H and O–H groups in total. The maximum absolute atomic E-state index is 13.2. The fourth-order valence-electron chi connectivity index (χ4n) is 4.40. The number of hydrogen-bond donors (Lipinski definition) is 2. The van der Waals surface area contributed by atoms with Crippen molar-refractivity contribution in [3.8, 4) is 11.3 Å². The zero-order valence-corrected chi connectivity index (χ0v) is 19.9. The molecule has 0 bridgehead atoms. The minimum absolute atomic E-state index is 0.0521. The fraction of sp³-hybridized carbons (Fsp3) is 0.207. The van der Waals surface area contributed by atoms with E-state index >= 15 is 0 Å². The quantitative estimate of drug-likeness (QED) is 0.369. The molecule has 0 atom stereocenters. The van der Waals surface area contributed by atoms with Crippen molar-refractivity contribution in [1.29, 1.82) is 0 Å². The molecule has 2 heterocycles. The zero-order chi connectivity index (χ0) is 24.7. The monoisotopic (exact) mass is 481 g/mol. The normalized spacial score (nSPS) is 14.4. The van der Waals surface area contributed by atoms with Crippen molar-refractivity contribution in [1.82, 2.24) is 20.2 Å². The number of rotatable bonds is 7. The van der Waals surface area contributed by atoms with Crippen molar-refractivity contribution in [3.05, 3.63) is 108 Å². The van der Waals surface area contributed by atoms with Crippen molar-refractivity contribution in [3.63, 3.8) is 0 Å². The Hall–Kier alpha value is -4.10. The molecule has 0 radical (unpaired) electrons.